The number of carboxylic acid groups (broad SMARTS) is 2. The first-order valence-corrected chi connectivity index (χ1v) is 9.80. The molecule has 0 saturated carbocycles. The average Bonchev–Trinajstić information content (AvgIpc) is 2.60. The van der Waals surface area contributed by atoms with Crippen molar-refractivity contribution in [2.24, 2.45) is 17.8 Å². The van der Waals surface area contributed by atoms with Crippen molar-refractivity contribution in [2.75, 3.05) is 6.61 Å². The Labute approximate surface area is 163 Å². The van der Waals surface area contributed by atoms with Crippen LogP contribution in [0.15, 0.2) is 36.1 Å². The van der Waals surface area contributed by atoms with E-state index in [4.69, 9.17) is 14.9 Å². The van der Waals surface area contributed by atoms with Crippen molar-refractivity contribution in [3.63, 3.8) is 0 Å². The molecule has 0 radical (unpaired) electrons. The van der Waals surface area contributed by atoms with Crippen molar-refractivity contribution in [1.82, 2.24) is 0 Å². The number of allylic oxidation sites excluding steroid dienone is 3. The van der Waals surface area contributed by atoms with Crippen LogP contribution in [0, 0.1) is 17.8 Å². The van der Waals surface area contributed by atoms with E-state index in [2.05, 4.69) is 34.3 Å². The topological polar surface area (TPSA) is 83.8 Å². The standard InChI is InChI=1S/C22H36O5/c1-6-16(3)8-9-17(4)14-18(5)12-13-27-20(7-2)11-10-19(22(25)26)15-21(23)24/h7,10-11,16-18H,2,6,8-9,12-15H2,1,3-5H3,(H,23,24)(H,25,26)/b19-10+,20-11+. The smallest absolute Gasteiger partial charge is 0.332 e. The lowest BCUT2D eigenvalue weighted by Gasteiger charge is -2.19. The molecule has 0 spiro atoms. The minimum atomic E-state index is -1.25. The highest BCUT2D eigenvalue weighted by Crippen LogP contribution is 2.22. The molecule has 5 heteroatoms. The van der Waals surface area contributed by atoms with Crippen LogP contribution >= 0.6 is 0 Å². The number of aliphatic carboxylic acids is 2. The van der Waals surface area contributed by atoms with Crippen LogP contribution in [0.4, 0.5) is 0 Å². The molecular formula is C22H36O5. The van der Waals surface area contributed by atoms with Crippen molar-refractivity contribution in [1.29, 1.82) is 0 Å². The van der Waals surface area contributed by atoms with E-state index in [0.717, 1.165) is 18.8 Å². The van der Waals surface area contributed by atoms with Gasteiger partial charge in [0.2, 0.25) is 0 Å². The zero-order valence-corrected chi connectivity index (χ0v) is 17.2. The van der Waals surface area contributed by atoms with Gasteiger partial charge in [0.25, 0.3) is 0 Å². The molecule has 0 aliphatic rings. The van der Waals surface area contributed by atoms with E-state index in [1.807, 2.05) is 0 Å². The molecule has 27 heavy (non-hydrogen) atoms. The van der Waals surface area contributed by atoms with Crippen molar-refractivity contribution in [3.05, 3.63) is 36.1 Å². The molecule has 0 heterocycles. The normalized spacial score (nSPS) is 15.7. The first-order valence-electron chi connectivity index (χ1n) is 9.80. The molecule has 0 saturated heterocycles. The predicted octanol–water partition coefficient (Wildman–Crippen LogP) is 5.44. The fourth-order valence-electron chi connectivity index (χ4n) is 2.80. The van der Waals surface area contributed by atoms with Crippen molar-refractivity contribution in [3.8, 4) is 0 Å². The molecular weight excluding hydrogens is 344 g/mol. The van der Waals surface area contributed by atoms with Crippen molar-refractivity contribution >= 4 is 11.9 Å². The van der Waals surface area contributed by atoms with E-state index in [9.17, 15) is 9.59 Å². The van der Waals surface area contributed by atoms with E-state index in [-0.39, 0.29) is 5.57 Å². The minimum Gasteiger partial charge on any atom is -0.494 e. The second-order valence-corrected chi connectivity index (χ2v) is 7.51. The second kappa shape index (κ2) is 14.1. The summed E-state index contributed by atoms with van der Waals surface area (Å²) in [5.41, 5.74) is -0.200. The van der Waals surface area contributed by atoms with E-state index < -0.39 is 18.4 Å². The lowest BCUT2D eigenvalue weighted by atomic mass is 9.89. The largest absolute Gasteiger partial charge is 0.494 e. The molecule has 3 unspecified atom stereocenters. The van der Waals surface area contributed by atoms with Crippen LogP contribution in [0.3, 0.4) is 0 Å². The van der Waals surface area contributed by atoms with Crippen LogP contribution < -0.4 is 0 Å². The third-order valence-electron chi connectivity index (χ3n) is 4.80. The lowest BCUT2D eigenvalue weighted by Crippen LogP contribution is -2.08. The Morgan fingerprint density at radius 3 is 2.11 bits per heavy atom. The van der Waals surface area contributed by atoms with Crippen LogP contribution in [0.2, 0.25) is 0 Å². The van der Waals surface area contributed by atoms with Crippen LogP contribution in [0.5, 0.6) is 0 Å². The average molecular weight is 381 g/mol. The highest BCUT2D eigenvalue weighted by Gasteiger charge is 2.12. The summed E-state index contributed by atoms with van der Waals surface area (Å²) >= 11 is 0. The van der Waals surface area contributed by atoms with Crippen molar-refractivity contribution < 1.29 is 24.5 Å². The molecule has 0 amide bonds. The summed E-state index contributed by atoms with van der Waals surface area (Å²) in [6, 6.07) is 0. The number of carboxylic acids is 2. The first kappa shape index (κ1) is 25.0. The molecule has 5 nitrogen and oxygen atoms in total. The molecule has 0 aliphatic carbocycles. The van der Waals surface area contributed by atoms with Gasteiger partial charge in [-0.15, -0.1) is 0 Å². The minimum absolute atomic E-state index is 0.200. The summed E-state index contributed by atoms with van der Waals surface area (Å²) < 4.78 is 5.65. The van der Waals surface area contributed by atoms with Crippen LogP contribution in [-0.4, -0.2) is 28.8 Å². The van der Waals surface area contributed by atoms with Gasteiger partial charge in [0.1, 0.15) is 5.76 Å². The van der Waals surface area contributed by atoms with Gasteiger partial charge in [0, 0.05) is 5.57 Å². The van der Waals surface area contributed by atoms with Gasteiger partial charge >= 0.3 is 11.9 Å². The maximum atomic E-state index is 11.0. The molecule has 0 aliphatic heterocycles. The Morgan fingerprint density at radius 1 is 1.00 bits per heavy atom. The van der Waals surface area contributed by atoms with E-state index in [0.29, 0.717) is 24.2 Å². The van der Waals surface area contributed by atoms with Gasteiger partial charge in [-0.3, -0.25) is 4.79 Å². The van der Waals surface area contributed by atoms with Crippen LogP contribution in [-0.2, 0) is 14.3 Å². The number of carbonyl (C=O) groups is 2. The summed E-state index contributed by atoms with van der Waals surface area (Å²) in [6.45, 7) is 13.2. The van der Waals surface area contributed by atoms with Gasteiger partial charge in [-0.2, -0.15) is 0 Å². The van der Waals surface area contributed by atoms with Gasteiger partial charge in [0.15, 0.2) is 0 Å². The zero-order valence-electron chi connectivity index (χ0n) is 17.2. The monoisotopic (exact) mass is 380 g/mol. The van der Waals surface area contributed by atoms with Gasteiger partial charge in [0.05, 0.1) is 13.0 Å². The summed E-state index contributed by atoms with van der Waals surface area (Å²) in [4.78, 5) is 21.7. The predicted molar refractivity (Wildman–Crippen MR) is 108 cm³/mol. The second-order valence-electron chi connectivity index (χ2n) is 7.51. The Kier molecular flexibility index (Phi) is 13.0. The van der Waals surface area contributed by atoms with Gasteiger partial charge in [-0.25, -0.2) is 4.79 Å². The fourth-order valence-corrected chi connectivity index (χ4v) is 2.80. The molecule has 2 N–H and O–H groups in total. The Balaban J connectivity index is 4.43. The number of hydrogen-bond donors (Lipinski definition) is 2. The summed E-state index contributed by atoms with van der Waals surface area (Å²) in [5.74, 6) is 0.0273. The number of ether oxygens (including phenoxy) is 1. The number of hydrogen-bond acceptors (Lipinski definition) is 3. The number of rotatable bonds is 15. The molecule has 154 valence electrons. The molecule has 3 atom stereocenters. The maximum Gasteiger partial charge on any atom is 0.332 e. The fraction of sp³-hybridized carbons (Fsp3) is 0.636. The van der Waals surface area contributed by atoms with Crippen LogP contribution in [0.1, 0.15) is 66.2 Å². The molecule has 0 aromatic carbocycles. The van der Waals surface area contributed by atoms with Crippen LogP contribution in [0.25, 0.3) is 0 Å². The van der Waals surface area contributed by atoms with Crippen molar-refractivity contribution in [2.45, 2.75) is 66.2 Å². The SMILES string of the molecule is C=C/C(=C\C=C(/CC(=O)O)C(=O)O)OCCC(C)CC(C)CCC(C)CC. The van der Waals surface area contributed by atoms with Gasteiger partial charge in [-0.1, -0.05) is 53.5 Å². The van der Waals surface area contributed by atoms with E-state index in [1.54, 1.807) is 0 Å². The maximum absolute atomic E-state index is 11.0. The Morgan fingerprint density at radius 2 is 1.59 bits per heavy atom. The van der Waals surface area contributed by atoms with Gasteiger partial charge < -0.3 is 14.9 Å². The third-order valence-corrected chi connectivity index (χ3v) is 4.80. The molecule has 0 aromatic rings. The quantitative estimate of drug-likeness (QED) is 0.225. The summed E-state index contributed by atoms with van der Waals surface area (Å²) in [5, 5.41) is 17.7. The molecule has 0 fully saturated rings. The Hall–Kier alpha value is -2.04. The van der Waals surface area contributed by atoms with Gasteiger partial charge in [-0.05, 0) is 48.8 Å². The summed E-state index contributed by atoms with van der Waals surface area (Å²) in [7, 11) is 0. The zero-order chi connectivity index (χ0) is 20.8. The lowest BCUT2D eigenvalue weighted by molar-refractivity contribution is -0.139. The third kappa shape index (κ3) is 12.9. The van der Waals surface area contributed by atoms with E-state index >= 15 is 0 Å². The molecule has 0 bridgehead atoms. The molecule has 0 aromatic heterocycles. The first-order chi connectivity index (χ1) is 12.7. The molecule has 0 rings (SSSR count). The van der Waals surface area contributed by atoms with E-state index in [1.165, 1.54) is 37.5 Å². The highest BCUT2D eigenvalue weighted by atomic mass is 16.5. The summed E-state index contributed by atoms with van der Waals surface area (Å²) in [6.07, 6.45) is 9.50. The highest BCUT2D eigenvalue weighted by molar-refractivity contribution is 5.92. The Bertz CT molecular complexity index is 533.